The number of nitrogens with one attached hydrogen (secondary N) is 2. The number of anilines is 2. The van der Waals surface area contributed by atoms with E-state index in [2.05, 4.69) is 99.3 Å². The van der Waals surface area contributed by atoms with Gasteiger partial charge in [-0.05, 0) is 160 Å². The molecule has 6 aliphatic rings. The molecule has 10 heteroatoms. The number of pyridine rings is 1. The minimum absolute atomic E-state index is 0.00406. The summed E-state index contributed by atoms with van der Waals surface area (Å²) in [5, 5.41) is 11.1. The molecule has 7 atom stereocenters. The van der Waals surface area contributed by atoms with Crippen molar-refractivity contribution in [3.63, 3.8) is 0 Å². The molecule has 0 bridgehead atoms. The van der Waals surface area contributed by atoms with Crippen LogP contribution in [0.15, 0.2) is 54.2 Å². The highest BCUT2D eigenvalue weighted by Crippen LogP contribution is 2.77. The fraction of sp³-hybridized carbons (Fsp3) is 0.660. The van der Waals surface area contributed by atoms with E-state index in [4.69, 9.17) is 20.2 Å². The van der Waals surface area contributed by atoms with Crippen LogP contribution in [0.4, 0.5) is 16.4 Å². The minimum atomic E-state index is -0.577. The van der Waals surface area contributed by atoms with Crippen molar-refractivity contribution < 1.29 is 19.1 Å². The Bertz CT molecular complexity index is 2270. The molecule has 1 aliphatic heterocycles. The first-order valence-corrected chi connectivity index (χ1v) is 24.1. The molecule has 63 heavy (non-hydrogen) atoms. The Morgan fingerprint density at radius 3 is 2.30 bits per heavy atom. The number of hydrogen-bond acceptors (Lipinski definition) is 8. The molecular formula is C53H74N6O4. The fourth-order valence-electron chi connectivity index (χ4n) is 14.8. The molecule has 5 aliphatic carbocycles. The summed E-state index contributed by atoms with van der Waals surface area (Å²) in [6.07, 6.45) is 12.2. The summed E-state index contributed by atoms with van der Waals surface area (Å²) >= 11 is 0. The van der Waals surface area contributed by atoms with E-state index in [1.54, 1.807) is 0 Å². The molecule has 3 saturated carbocycles. The SMILES string of the molecule is CC1(C)CC[C@]2(C(=O)OCc3ccccc3)CC[C@]3(C)C(=C(c4ccc(N5CCC(NC(=O)OC(C)(C)C)CC5)nc4)CC4[C@@]5(C)Cc6c(N)n[nH]c6C(C)(C)C5CC[C@]43C)C2C1. The van der Waals surface area contributed by atoms with Crippen LogP contribution in [0.5, 0.6) is 0 Å². The van der Waals surface area contributed by atoms with E-state index in [0.717, 1.165) is 95.1 Å². The fourth-order valence-corrected chi connectivity index (χ4v) is 14.8. The maximum absolute atomic E-state index is 15.0. The van der Waals surface area contributed by atoms with Crippen molar-refractivity contribution in [3.05, 3.63) is 76.6 Å². The predicted molar refractivity (Wildman–Crippen MR) is 250 cm³/mol. The van der Waals surface area contributed by atoms with Crippen molar-refractivity contribution in [1.29, 1.82) is 0 Å². The van der Waals surface area contributed by atoms with E-state index in [-0.39, 0.29) is 51.1 Å². The van der Waals surface area contributed by atoms with Crippen molar-refractivity contribution in [2.45, 2.75) is 164 Å². The molecule has 2 aromatic heterocycles. The molecule has 4 N–H and O–H groups in total. The molecule has 3 heterocycles. The number of benzene rings is 1. The van der Waals surface area contributed by atoms with E-state index in [1.807, 2.05) is 39.0 Å². The first-order valence-electron chi connectivity index (χ1n) is 24.1. The van der Waals surface area contributed by atoms with Crippen LogP contribution in [-0.2, 0) is 32.7 Å². The van der Waals surface area contributed by atoms with Gasteiger partial charge < -0.3 is 25.4 Å². The third-order valence-electron chi connectivity index (χ3n) is 18.2. The maximum atomic E-state index is 15.0. The summed E-state index contributed by atoms with van der Waals surface area (Å²) in [4.78, 5) is 35.2. The summed E-state index contributed by atoms with van der Waals surface area (Å²) in [6.45, 7) is 25.1. The van der Waals surface area contributed by atoms with E-state index in [1.165, 1.54) is 28.0 Å². The first kappa shape index (κ1) is 43.9. The number of fused-ring (bicyclic) bond motifs is 8. The molecule has 0 radical (unpaired) electrons. The van der Waals surface area contributed by atoms with E-state index in [0.29, 0.717) is 24.3 Å². The van der Waals surface area contributed by atoms with Crippen LogP contribution in [0.1, 0.15) is 156 Å². The lowest BCUT2D eigenvalue weighted by atomic mass is 9.33. The number of aromatic nitrogens is 3. The lowest BCUT2D eigenvalue weighted by molar-refractivity contribution is -0.181. The normalized spacial score (nSPS) is 33.5. The van der Waals surface area contributed by atoms with Gasteiger partial charge in [-0.3, -0.25) is 9.89 Å². The molecule has 1 aromatic carbocycles. The standard InChI is InChI=1S/C53H74N6O4/c1-47(2,3)63-46(61)56-35-19-26-59(27-20-35)41-17-16-34(31-55-41)36-28-40-50(8)29-37-43(57-58-44(37)54)49(6,7)39(50)18-21-51(40,9)52(10)23-25-53(24-22-48(4,5)30-38(53)42(36)52)45(60)62-32-33-14-12-11-13-15-33/h11-17,31,35,38-40H,18-30,32H2,1-10H3,(H,56,61)(H3,54,57,58)/t38?,39?,40?,50-,51+,52+,53-/m0/s1. The molecule has 9 rings (SSSR count). The topological polar surface area (TPSA) is 135 Å². The summed E-state index contributed by atoms with van der Waals surface area (Å²) in [5.74, 6) is 2.49. The quantitative estimate of drug-likeness (QED) is 0.209. The highest BCUT2D eigenvalue weighted by molar-refractivity contribution is 5.82. The number of ether oxygens (including phenoxy) is 2. The minimum Gasteiger partial charge on any atom is -0.460 e. The Morgan fingerprint density at radius 1 is 0.905 bits per heavy atom. The van der Waals surface area contributed by atoms with Crippen LogP contribution in [0.3, 0.4) is 0 Å². The number of allylic oxidation sites excluding steroid dienone is 2. The number of carbonyl (C=O) groups excluding carboxylic acids is 2. The Morgan fingerprint density at radius 2 is 1.62 bits per heavy atom. The Kier molecular flexibility index (Phi) is 10.5. The van der Waals surface area contributed by atoms with Gasteiger partial charge in [-0.2, -0.15) is 5.10 Å². The molecule has 3 unspecified atom stereocenters. The number of piperidine rings is 1. The number of rotatable bonds is 6. The number of nitrogens with zero attached hydrogens (tertiary/aromatic N) is 3. The van der Waals surface area contributed by atoms with Gasteiger partial charge in [0.15, 0.2) is 0 Å². The highest BCUT2D eigenvalue weighted by Gasteiger charge is 2.70. The Labute approximate surface area is 376 Å². The zero-order chi connectivity index (χ0) is 45.0. The zero-order valence-corrected chi connectivity index (χ0v) is 39.9. The Balaban J connectivity index is 1.12. The predicted octanol–water partition coefficient (Wildman–Crippen LogP) is 11.0. The number of nitrogen functional groups attached to an aromatic ring is 1. The lowest BCUT2D eigenvalue weighted by Gasteiger charge is -2.71. The molecule has 340 valence electrons. The van der Waals surface area contributed by atoms with Crippen molar-refractivity contribution in [1.82, 2.24) is 20.5 Å². The van der Waals surface area contributed by atoms with E-state index >= 15 is 4.79 Å². The van der Waals surface area contributed by atoms with Gasteiger partial charge in [-0.25, -0.2) is 9.78 Å². The highest BCUT2D eigenvalue weighted by atomic mass is 16.6. The van der Waals surface area contributed by atoms with Gasteiger partial charge >= 0.3 is 12.1 Å². The van der Waals surface area contributed by atoms with Gasteiger partial charge in [0.2, 0.25) is 0 Å². The van der Waals surface area contributed by atoms with Crippen molar-refractivity contribution in [2.75, 3.05) is 23.7 Å². The van der Waals surface area contributed by atoms with Gasteiger partial charge in [0, 0.05) is 42.0 Å². The van der Waals surface area contributed by atoms with Crippen LogP contribution >= 0.6 is 0 Å². The third kappa shape index (κ3) is 7.19. The van der Waals surface area contributed by atoms with Crippen LogP contribution in [-0.4, -0.2) is 52.0 Å². The average Bonchev–Trinajstić information content (AvgIpc) is 3.59. The number of H-pyrrole nitrogens is 1. The largest absolute Gasteiger partial charge is 0.460 e. The van der Waals surface area contributed by atoms with Gasteiger partial charge in [-0.1, -0.05) is 84.4 Å². The molecule has 3 aromatic rings. The summed E-state index contributed by atoms with van der Waals surface area (Å²) in [7, 11) is 0. The lowest BCUT2D eigenvalue weighted by Crippen LogP contribution is -2.65. The number of nitrogens with two attached hydrogens (primary N) is 1. The van der Waals surface area contributed by atoms with Crippen LogP contribution in [0, 0.1) is 44.8 Å². The zero-order valence-electron chi connectivity index (χ0n) is 39.9. The molecular weight excluding hydrogens is 785 g/mol. The summed E-state index contributed by atoms with van der Waals surface area (Å²) in [6, 6.07) is 14.8. The van der Waals surface area contributed by atoms with Gasteiger partial charge in [0.25, 0.3) is 0 Å². The van der Waals surface area contributed by atoms with Crippen LogP contribution < -0.4 is 16.0 Å². The second-order valence-electron chi connectivity index (χ2n) is 23.8. The maximum Gasteiger partial charge on any atom is 0.407 e. The summed E-state index contributed by atoms with van der Waals surface area (Å²) < 4.78 is 12.0. The van der Waals surface area contributed by atoms with Crippen LogP contribution in [0.25, 0.3) is 5.57 Å². The monoisotopic (exact) mass is 859 g/mol. The molecule has 10 nitrogen and oxygen atoms in total. The number of aromatic amines is 1. The number of hydrogen-bond donors (Lipinski definition) is 3. The smallest absolute Gasteiger partial charge is 0.407 e. The van der Waals surface area contributed by atoms with Gasteiger partial charge in [0.05, 0.1) is 5.41 Å². The van der Waals surface area contributed by atoms with E-state index in [9.17, 15) is 4.79 Å². The third-order valence-corrected chi connectivity index (χ3v) is 18.2. The van der Waals surface area contributed by atoms with Crippen molar-refractivity contribution >= 4 is 29.3 Å². The molecule has 1 amide bonds. The summed E-state index contributed by atoms with van der Waals surface area (Å²) in [5.41, 5.74) is 13.0. The molecule has 0 spiro atoms. The van der Waals surface area contributed by atoms with Crippen molar-refractivity contribution in [3.8, 4) is 0 Å². The Hall–Kier alpha value is -4.34. The first-order chi connectivity index (χ1) is 29.6. The average molecular weight is 859 g/mol. The number of carbonyl (C=O) groups is 2. The molecule has 4 fully saturated rings. The number of esters is 1. The van der Waals surface area contributed by atoms with Crippen molar-refractivity contribution in [2.24, 2.45) is 44.8 Å². The molecule has 1 saturated heterocycles. The second kappa shape index (κ2) is 15.1. The van der Waals surface area contributed by atoms with E-state index < -0.39 is 11.0 Å². The number of amides is 1. The second-order valence-corrected chi connectivity index (χ2v) is 23.8. The van der Waals surface area contributed by atoms with Crippen LogP contribution in [0.2, 0.25) is 0 Å². The number of alkyl carbamates (subject to hydrolysis) is 1. The van der Waals surface area contributed by atoms with Gasteiger partial charge in [0.1, 0.15) is 23.8 Å². The van der Waals surface area contributed by atoms with Gasteiger partial charge in [-0.15, -0.1) is 0 Å².